The van der Waals surface area contributed by atoms with Crippen LogP contribution in [0.1, 0.15) is 12.0 Å². The number of amides is 2. The van der Waals surface area contributed by atoms with E-state index in [1.165, 1.54) is 17.2 Å². The average Bonchev–Trinajstić information content (AvgIpc) is 2.69. The highest BCUT2D eigenvalue weighted by Gasteiger charge is 2.35. The predicted molar refractivity (Wildman–Crippen MR) is 107 cm³/mol. The van der Waals surface area contributed by atoms with Gasteiger partial charge >= 0.3 is 6.03 Å². The number of para-hydroxylation sites is 1. The van der Waals surface area contributed by atoms with Crippen molar-refractivity contribution in [2.75, 3.05) is 17.7 Å². The number of fused-ring (bicyclic) bond motifs is 1. The van der Waals surface area contributed by atoms with Gasteiger partial charge in [-0.3, -0.25) is 9.79 Å². The van der Waals surface area contributed by atoms with Gasteiger partial charge in [0.25, 0.3) is 0 Å². The molecule has 2 aliphatic heterocycles. The Morgan fingerprint density at radius 1 is 1.18 bits per heavy atom. The lowest BCUT2D eigenvalue weighted by molar-refractivity contribution is -0.113. The minimum absolute atomic E-state index is 0.0277. The zero-order valence-electron chi connectivity index (χ0n) is 15.2. The van der Waals surface area contributed by atoms with E-state index < -0.39 is 11.2 Å². The molecule has 1 unspecified atom stereocenters. The van der Waals surface area contributed by atoms with E-state index in [9.17, 15) is 14.1 Å². The number of hydrogen-bond acceptors (Lipinski definition) is 5. The second kappa shape index (κ2) is 7.57. The van der Waals surface area contributed by atoms with Gasteiger partial charge in [0.05, 0.1) is 19.5 Å². The molecular weight excluding hydrogens is 376 g/mol. The van der Waals surface area contributed by atoms with Gasteiger partial charge in [0.2, 0.25) is 0 Å². The molecule has 7 nitrogen and oxygen atoms in total. The van der Waals surface area contributed by atoms with E-state index in [0.717, 1.165) is 5.56 Å². The summed E-state index contributed by atoms with van der Waals surface area (Å²) in [6.45, 7) is 0.615. The summed E-state index contributed by atoms with van der Waals surface area (Å²) >= 11 is -1.27. The molecular formula is C20H18N4O3S. The minimum Gasteiger partial charge on any atom is -0.612 e. The molecule has 8 heteroatoms. The molecule has 0 saturated carbocycles. The van der Waals surface area contributed by atoms with Crippen LogP contribution < -0.4 is 4.90 Å². The molecule has 2 aliphatic rings. The summed E-state index contributed by atoms with van der Waals surface area (Å²) in [5.74, 6) is 0.503. The van der Waals surface area contributed by atoms with Crippen LogP contribution in [0.5, 0.6) is 0 Å². The lowest BCUT2D eigenvalue weighted by Crippen LogP contribution is -2.47. The van der Waals surface area contributed by atoms with Crippen LogP contribution in [0.15, 0.2) is 64.8 Å². The lowest BCUT2D eigenvalue weighted by Gasteiger charge is -2.36. The van der Waals surface area contributed by atoms with E-state index >= 15 is 0 Å². The maximum atomic E-state index is 13.4. The molecule has 0 bridgehead atoms. The Labute approximate surface area is 165 Å². The van der Waals surface area contributed by atoms with E-state index in [4.69, 9.17) is 0 Å². The highest BCUT2D eigenvalue weighted by Crippen LogP contribution is 2.36. The van der Waals surface area contributed by atoms with Crippen LogP contribution in [-0.2, 0) is 22.5 Å². The van der Waals surface area contributed by atoms with Gasteiger partial charge in [-0.05, 0) is 35.5 Å². The maximum absolute atomic E-state index is 13.4. The highest BCUT2D eigenvalue weighted by atomic mass is 32.2. The Kier molecular flexibility index (Phi) is 4.97. The highest BCUT2D eigenvalue weighted by molar-refractivity contribution is 7.90. The quantitative estimate of drug-likeness (QED) is 0.746. The zero-order valence-corrected chi connectivity index (χ0v) is 16.1. The number of allylic oxidation sites excluding steroid dienone is 1. The Hall–Kier alpha value is -2.97. The lowest BCUT2D eigenvalue weighted by atomic mass is 10.1. The normalized spacial score (nSPS) is 17.4. The molecule has 1 aromatic carbocycles. The van der Waals surface area contributed by atoms with E-state index in [-0.39, 0.29) is 24.8 Å². The number of rotatable bonds is 4. The first-order valence-electron chi connectivity index (χ1n) is 8.75. The monoisotopic (exact) mass is 394 g/mol. The number of aromatic nitrogens is 1. The number of carbonyl (C=O) groups is 2. The zero-order chi connectivity index (χ0) is 19.7. The third-order valence-corrected chi connectivity index (χ3v) is 5.55. The van der Waals surface area contributed by atoms with Crippen LogP contribution in [0.25, 0.3) is 0 Å². The summed E-state index contributed by atoms with van der Waals surface area (Å²) in [5, 5.41) is 0. The summed E-state index contributed by atoms with van der Waals surface area (Å²) < 4.78 is 12.2. The number of carbonyl (C=O) groups excluding carboxylic acids is 2. The van der Waals surface area contributed by atoms with Gasteiger partial charge in [-0.15, -0.1) is 0 Å². The van der Waals surface area contributed by atoms with Crippen molar-refractivity contribution < 1.29 is 14.1 Å². The third-order valence-electron chi connectivity index (χ3n) is 4.59. The number of hydrogen-bond donors (Lipinski definition) is 0. The molecule has 0 saturated heterocycles. The smallest absolute Gasteiger partial charge is 0.331 e. The Bertz CT molecular complexity index is 1000. The molecule has 0 radical (unpaired) electrons. The topological polar surface area (TPSA) is 88.9 Å². The number of nitrogens with zero attached hydrogens (tertiary/aromatic N) is 4. The number of urea groups is 1. The third kappa shape index (κ3) is 3.44. The number of ketones is 1. The van der Waals surface area contributed by atoms with Crippen molar-refractivity contribution in [3.63, 3.8) is 0 Å². The van der Waals surface area contributed by atoms with Crippen molar-refractivity contribution in [2.24, 2.45) is 4.99 Å². The first-order valence-corrected chi connectivity index (χ1v) is 10.3. The molecule has 0 aliphatic carbocycles. The van der Waals surface area contributed by atoms with Crippen molar-refractivity contribution in [1.82, 2.24) is 9.88 Å². The van der Waals surface area contributed by atoms with E-state index in [0.29, 0.717) is 28.7 Å². The Morgan fingerprint density at radius 2 is 2.00 bits per heavy atom. The van der Waals surface area contributed by atoms with Gasteiger partial charge in [0, 0.05) is 23.7 Å². The molecule has 0 N–H and O–H groups in total. The SMILES string of the molecule is C[S+]([O-])c1ccccc1N1C(=O)N(CC2=NC=CC(=O)C2)Cc2cccnc21. The Morgan fingerprint density at radius 3 is 2.79 bits per heavy atom. The van der Waals surface area contributed by atoms with Gasteiger partial charge in [0.1, 0.15) is 17.8 Å². The molecule has 3 heterocycles. The number of pyridine rings is 1. The van der Waals surface area contributed by atoms with Crippen molar-refractivity contribution in [1.29, 1.82) is 0 Å². The summed E-state index contributed by atoms with van der Waals surface area (Å²) in [4.78, 5) is 37.4. The van der Waals surface area contributed by atoms with Crippen molar-refractivity contribution in [2.45, 2.75) is 17.9 Å². The molecule has 2 amide bonds. The van der Waals surface area contributed by atoms with Crippen LogP contribution >= 0.6 is 0 Å². The van der Waals surface area contributed by atoms with Gasteiger partial charge in [-0.2, -0.15) is 0 Å². The second-order valence-electron chi connectivity index (χ2n) is 6.54. The van der Waals surface area contributed by atoms with Gasteiger partial charge in [-0.1, -0.05) is 18.2 Å². The second-order valence-corrected chi connectivity index (χ2v) is 7.88. The first-order chi connectivity index (χ1) is 13.5. The molecule has 0 fully saturated rings. The van der Waals surface area contributed by atoms with E-state index in [2.05, 4.69) is 9.98 Å². The predicted octanol–water partition coefficient (Wildman–Crippen LogP) is 2.82. The van der Waals surface area contributed by atoms with E-state index in [1.54, 1.807) is 41.6 Å². The molecule has 142 valence electrons. The average molecular weight is 394 g/mol. The molecule has 0 spiro atoms. The van der Waals surface area contributed by atoms with Gasteiger partial charge in [0.15, 0.2) is 10.7 Å². The molecule has 1 aromatic heterocycles. The molecule has 4 rings (SSSR count). The molecule has 28 heavy (non-hydrogen) atoms. The first kappa shape index (κ1) is 18.4. The largest absolute Gasteiger partial charge is 0.612 e. The van der Waals surface area contributed by atoms with Crippen molar-refractivity contribution in [3.8, 4) is 0 Å². The Balaban J connectivity index is 1.75. The van der Waals surface area contributed by atoms with Crippen LogP contribution in [0.3, 0.4) is 0 Å². The number of anilines is 2. The molecule has 1 atom stereocenters. The summed E-state index contributed by atoms with van der Waals surface area (Å²) in [6.07, 6.45) is 6.32. The van der Waals surface area contributed by atoms with Crippen LogP contribution in [0.2, 0.25) is 0 Å². The standard InChI is InChI=1S/C20H18N4O3S/c1-28(27)18-7-3-2-6-17(18)24-19-14(5-4-9-22-19)12-23(20(24)26)13-15-11-16(25)8-10-21-15/h2-10H,11-13H2,1H3. The maximum Gasteiger partial charge on any atom is 0.331 e. The fourth-order valence-corrected chi connectivity index (χ4v) is 4.06. The van der Waals surface area contributed by atoms with Crippen molar-refractivity contribution >= 4 is 40.2 Å². The summed E-state index contributed by atoms with van der Waals surface area (Å²) in [7, 11) is 0. The van der Waals surface area contributed by atoms with Gasteiger partial charge < -0.3 is 9.45 Å². The minimum atomic E-state index is -1.27. The van der Waals surface area contributed by atoms with Crippen LogP contribution in [0, 0.1) is 0 Å². The molecule has 2 aromatic rings. The summed E-state index contributed by atoms with van der Waals surface area (Å²) in [5.41, 5.74) is 2.05. The number of benzene rings is 1. The number of aliphatic imine (C=N–C) groups is 1. The van der Waals surface area contributed by atoms with Gasteiger partial charge in [-0.25, -0.2) is 14.7 Å². The van der Waals surface area contributed by atoms with Crippen LogP contribution in [-0.4, -0.2) is 44.8 Å². The fraction of sp³-hybridized carbons (Fsp3) is 0.200. The van der Waals surface area contributed by atoms with Crippen molar-refractivity contribution in [3.05, 3.63) is 60.4 Å². The summed E-state index contributed by atoms with van der Waals surface area (Å²) in [6, 6.07) is 10.5. The fourth-order valence-electron chi connectivity index (χ4n) is 3.33. The van der Waals surface area contributed by atoms with Crippen LogP contribution in [0.4, 0.5) is 16.3 Å². The van der Waals surface area contributed by atoms with E-state index in [1.807, 2.05) is 12.1 Å².